The second kappa shape index (κ2) is 8.21. The van der Waals surface area contributed by atoms with Crippen LogP contribution in [0.3, 0.4) is 0 Å². The van der Waals surface area contributed by atoms with Crippen molar-refractivity contribution >= 4 is 17.7 Å². The van der Waals surface area contributed by atoms with Crippen LogP contribution in [0.5, 0.6) is 0 Å². The fourth-order valence-electron chi connectivity index (χ4n) is 2.32. The summed E-state index contributed by atoms with van der Waals surface area (Å²) in [6.45, 7) is 1.09. The number of nitrogens with one attached hydrogen (secondary N) is 1. The van der Waals surface area contributed by atoms with E-state index in [9.17, 15) is 4.79 Å². The van der Waals surface area contributed by atoms with E-state index < -0.39 is 0 Å². The highest BCUT2D eigenvalue weighted by molar-refractivity contribution is 7.99. The minimum absolute atomic E-state index is 0.0203. The lowest BCUT2D eigenvalue weighted by Crippen LogP contribution is -2.28. The Hall–Kier alpha value is -1.15. The van der Waals surface area contributed by atoms with Crippen LogP contribution in [-0.4, -0.2) is 52.1 Å². The number of thioether (sulfide) groups is 1. The molecule has 1 N–H and O–H groups in total. The average Bonchev–Trinajstić information content (AvgIpc) is 3.09. The molecular weight excluding hydrogens is 278 g/mol. The van der Waals surface area contributed by atoms with Gasteiger partial charge in [-0.25, -0.2) is 4.68 Å². The van der Waals surface area contributed by atoms with Crippen molar-refractivity contribution in [1.82, 2.24) is 25.5 Å². The maximum atomic E-state index is 11.5. The molecule has 1 aliphatic carbocycles. The van der Waals surface area contributed by atoms with Crippen LogP contribution in [0, 0.1) is 0 Å². The van der Waals surface area contributed by atoms with Gasteiger partial charge in [0.15, 0.2) is 5.82 Å². The maximum absolute atomic E-state index is 11.5. The summed E-state index contributed by atoms with van der Waals surface area (Å²) in [6, 6.07) is 0.441. The molecule has 20 heavy (non-hydrogen) atoms. The van der Waals surface area contributed by atoms with Crippen LogP contribution in [0.15, 0.2) is 0 Å². The molecular formula is C12H21N5O2S. The minimum atomic E-state index is 0.0203. The molecule has 0 radical (unpaired) electrons. The predicted molar refractivity (Wildman–Crippen MR) is 76.4 cm³/mol. The highest BCUT2D eigenvalue weighted by atomic mass is 32.2. The Balaban J connectivity index is 1.71. The lowest BCUT2D eigenvalue weighted by atomic mass is 10.2. The molecule has 0 atom stereocenters. The van der Waals surface area contributed by atoms with Crippen molar-refractivity contribution in [1.29, 1.82) is 0 Å². The van der Waals surface area contributed by atoms with E-state index in [0.717, 1.165) is 18.7 Å². The van der Waals surface area contributed by atoms with Crippen LogP contribution in [0.1, 0.15) is 37.5 Å². The van der Waals surface area contributed by atoms with Crippen molar-refractivity contribution in [3.05, 3.63) is 5.82 Å². The van der Waals surface area contributed by atoms with Gasteiger partial charge in [0.25, 0.3) is 0 Å². The summed E-state index contributed by atoms with van der Waals surface area (Å²) in [4.78, 5) is 11.5. The Morgan fingerprint density at radius 2 is 2.30 bits per heavy atom. The van der Waals surface area contributed by atoms with Crippen molar-refractivity contribution in [3.8, 4) is 0 Å². The second-order valence-electron chi connectivity index (χ2n) is 4.81. The van der Waals surface area contributed by atoms with E-state index in [0.29, 0.717) is 30.7 Å². The first-order valence-corrected chi connectivity index (χ1v) is 8.07. The Labute approximate surface area is 122 Å². The standard InChI is InChI=1S/C12H21N5O2S/c1-19-7-6-13-12(18)9-20-8-11-14-15-16-17(11)10-4-2-3-5-10/h10H,2-9H2,1H3,(H,13,18). The third-order valence-corrected chi connectivity index (χ3v) is 4.25. The summed E-state index contributed by atoms with van der Waals surface area (Å²) in [5, 5.41) is 14.7. The van der Waals surface area contributed by atoms with Crippen LogP contribution in [-0.2, 0) is 15.3 Å². The van der Waals surface area contributed by atoms with E-state index in [4.69, 9.17) is 4.74 Å². The summed E-state index contributed by atoms with van der Waals surface area (Å²) in [6.07, 6.45) is 4.80. The Morgan fingerprint density at radius 1 is 1.50 bits per heavy atom. The van der Waals surface area contributed by atoms with Gasteiger partial charge in [-0.15, -0.1) is 16.9 Å². The molecule has 0 spiro atoms. The molecule has 2 rings (SSSR count). The van der Waals surface area contributed by atoms with Gasteiger partial charge in [-0.05, 0) is 23.3 Å². The molecule has 0 bridgehead atoms. The van der Waals surface area contributed by atoms with Crippen molar-refractivity contribution < 1.29 is 9.53 Å². The smallest absolute Gasteiger partial charge is 0.230 e. The highest BCUT2D eigenvalue weighted by Gasteiger charge is 2.21. The number of hydrogen-bond acceptors (Lipinski definition) is 6. The highest BCUT2D eigenvalue weighted by Crippen LogP contribution is 2.29. The Morgan fingerprint density at radius 3 is 3.05 bits per heavy atom. The normalized spacial score (nSPS) is 15.7. The Kier molecular flexibility index (Phi) is 6.25. The quantitative estimate of drug-likeness (QED) is 0.715. The van der Waals surface area contributed by atoms with E-state index in [2.05, 4.69) is 20.8 Å². The molecule has 7 nitrogen and oxygen atoms in total. The second-order valence-corrected chi connectivity index (χ2v) is 5.80. The van der Waals surface area contributed by atoms with Gasteiger partial charge in [0, 0.05) is 13.7 Å². The van der Waals surface area contributed by atoms with E-state index in [-0.39, 0.29) is 5.91 Å². The number of amides is 1. The maximum Gasteiger partial charge on any atom is 0.230 e. The first-order valence-electron chi connectivity index (χ1n) is 6.91. The zero-order valence-corrected chi connectivity index (χ0v) is 12.6. The summed E-state index contributed by atoms with van der Waals surface area (Å²) in [5.41, 5.74) is 0. The molecule has 1 aromatic rings. The lowest BCUT2D eigenvalue weighted by molar-refractivity contribution is -0.118. The van der Waals surface area contributed by atoms with Crippen molar-refractivity contribution in [3.63, 3.8) is 0 Å². The lowest BCUT2D eigenvalue weighted by Gasteiger charge is -2.11. The number of methoxy groups -OCH3 is 1. The van der Waals surface area contributed by atoms with Gasteiger partial charge in [-0.3, -0.25) is 4.79 Å². The van der Waals surface area contributed by atoms with Crippen molar-refractivity contribution in [2.45, 2.75) is 37.5 Å². The SMILES string of the molecule is COCCNC(=O)CSCc1nnnn1C1CCCC1. The summed E-state index contributed by atoms with van der Waals surface area (Å²) in [7, 11) is 1.61. The van der Waals surface area contributed by atoms with Gasteiger partial charge in [0.1, 0.15) is 0 Å². The molecule has 0 aromatic carbocycles. The van der Waals surface area contributed by atoms with E-state index in [1.54, 1.807) is 7.11 Å². The zero-order valence-electron chi connectivity index (χ0n) is 11.7. The summed E-state index contributed by atoms with van der Waals surface area (Å²) in [5.74, 6) is 1.97. The zero-order chi connectivity index (χ0) is 14.2. The summed E-state index contributed by atoms with van der Waals surface area (Å²) < 4.78 is 6.81. The molecule has 0 unspecified atom stereocenters. The number of carbonyl (C=O) groups is 1. The van der Waals surface area contributed by atoms with Crippen molar-refractivity contribution in [2.24, 2.45) is 0 Å². The van der Waals surface area contributed by atoms with Crippen LogP contribution in [0.25, 0.3) is 0 Å². The largest absolute Gasteiger partial charge is 0.383 e. The molecule has 1 heterocycles. The van der Waals surface area contributed by atoms with Gasteiger partial charge in [-0.2, -0.15) is 0 Å². The van der Waals surface area contributed by atoms with Gasteiger partial charge in [0.2, 0.25) is 5.91 Å². The number of nitrogens with zero attached hydrogens (tertiary/aromatic N) is 4. The molecule has 1 aromatic heterocycles. The molecule has 8 heteroatoms. The first-order chi connectivity index (χ1) is 9.81. The number of aromatic nitrogens is 4. The first kappa shape index (κ1) is 15.2. The van der Waals surface area contributed by atoms with E-state index in [1.165, 1.54) is 24.6 Å². The number of hydrogen-bond donors (Lipinski definition) is 1. The van der Waals surface area contributed by atoms with Crippen LogP contribution < -0.4 is 5.32 Å². The number of carbonyl (C=O) groups excluding carboxylic acids is 1. The Bertz CT molecular complexity index is 420. The fraction of sp³-hybridized carbons (Fsp3) is 0.833. The number of rotatable bonds is 8. The summed E-state index contributed by atoms with van der Waals surface area (Å²) >= 11 is 1.53. The monoisotopic (exact) mass is 299 g/mol. The third-order valence-electron chi connectivity index (χ3n) is 3.32. The molecule has 0 aliphatic heterocycles. The van der Waals surface area contributed by atoms with E-state index in [1.807, 2.05) is 4.68 Å². The fourth-order valence-corrected chi connectivity index (χ4v) is 3.08. The van der Waals surface area contributed by atoms with Crippen molar-refractivity contribution in [2.75, 3.05) is 26.0 Å². The van der Waals surface area contributed by atoms with Gasteiger partial charge >= 0.3 is 0 Å². The molecule has 1 saturated carbocycles. The number of ether oxygens (including phenoxy) is 1. The van der Waals surface area contributed by atoms with Gasteiger partial charge in [-0.1, -0.05) is 12.8 Å². The minimum Gasteiger partial charge on any atom is -0.383 e. The molecule has 0 saturated heterocycles. The molecule has 1 fully saturated rings. The topological polar surface area (TPSA) is 81.9 Å². The van der Waals surface area contributed by atoms with E-state index >= 15 is 0 Å². The van der Waals surface area contributed by atoms with Gasteiger partial charge in [0.05, 0.1) is 24.2 Å². The molecule has 112 valence electrons. The van der Waals surface area contributed by atoms with Crippen LogP contribution in [0.2, 0.25) is 0 Å². The number of tetrazole rings is 1. The predicted octanol–water partition coefficient (Wildman–Crippen LogP) is 0.784. The third kappa shape index (κ3) is 4.45. The molecule has 1 aliphatic rings. The average molecular weight is 299 g/mol. The molecule has 1 amide bonds. The van der Waals surface area contributed by atoms with Gasteiger partial charge < -0.3 is 10.1 Å². The van der Waals surface area contributed by atoms with Crippen LogP contribution >= 0.6 is 11.8 Å². The van der Waals surface area contributed by atoms with Crippen LogP contribution in [0.4, 0.5) is 0 Å².